The van der Waals surface area contributed by atoms with Gasteiger partial charge in [-0.25, -0.2) is 8.42 Å². The van der Waals surface area contributed by atoms with Gasteiger partial charge in [-0.3, -0.25) is 24.0 Å². The van der Waals surface area contributed by atoms with Crippen molar-refractivity contribution >= 4 is 45.7 Å². The molecular formula is C25H39N5O9S. The second kappa shape index (κ2) is 17.8. The lowest BCUT2D eigenvalue weighted by molar-refractivity contribution is -0.131. The summed E-state index contributed by atoms with van der Waals surface area (Å²) in [6, 6.07) is 1.22. The van der Waals surface area contributed by atoms with Gasteiger partial charge in [-0.2, -0.15) is 0 Å². The Morgan fingerprint density at radius 2 is 1.52 bits per heavy atom. The zero-order chi connectivity index (χ0) is 30.1. The summed E-state index contributed by atoms with van der Waals surface area (Å²) in [6.07, 6.45) is 5.69. The lowest BCUT2D eigenvalue weighted by Gasteiger charge is -2.18. The minimum atomic E-state index is -2.66. The SMILES string of the molecule is CC1CC1.CCS(C)(=O)=O.O=C[C@@H]1CNC(=O)CNC(=O)[C@H](Cc2ccco2)NC(=O)CNC(=O)CCC(=O)N1. The molecule has 0 aromatic carbocycles. The molecule has 2 fully saturated rings. The molecule has 0 unspecified atom stereocenters. The van der Waals surface area contributed by atoms with Gasteiger partial charge in [0.2, 0.25) is 29.5 Å². The summed E-state index contributed by atoms with van der Waals surface area (Å²) in [7, 11) is -2.66. The highest BCUT2D eigenvalue weighted by molar-refractivity contribution is 7.90. The fourth-order valence-corrected chi connectivity index (χ4v) is 2.73. The van der Waals surface area contributed by atoms with Crippen molar-refractivity contribution < 1.29 is 41.6 Å². The third-order valence-electron chi connectivity index (χ3n) is 5.51. The number of nitrogens with one attached hydrogen (secondary N) is 5. The van der Waals surface area contributed by atoms with Crippen LogP contribution in [-0.2, 0) is 45.0 Å². The fourth-order valence-electron chi connectivity index (χ4n) is 2.73. The molecule has 1 saturated heterocycles. The topological polar surface area (TPSA) is 210 Å². The first-order valence-corrected chi connectivity index (χ1v) is 14.9. The van der Waals surface area contributed by atoms with Crippen LogP contribution in [0.5, 0.6) is 0 Å². The first-order valence-electron chi connectivity index (χ1n) is 12.9. The van der Waals surface area contributed by atoms with E-state index in [1.807, 2.05) is 0 Å². The minimum Gasteiger partial charge on any atom is -0.469 e. The summed E-state index contributed by atoms with van der Waals surface area (Å²) in [6.45, 7) is 2.91. The lowest BCUT2D eigenvalue weighted by Crippen LogP contribution is -2.52. The van der Waals surface area contributed by atoms with Crippen LogP contribution in [0.3, 0.4) is 0 Å². The molecule has 0 radical (unpaired) electrons. The van der Waals surface area contributed by atoms with E-state index in [0.717, 1.165) is 5.92 Å². The van der Waals surface area contributed by atoms with Crippen molar-refractivity contribution in [1.82, 2.24) is 26.6 Å². The summed E-state index contributed by atoms with van der Waals surface area (Å²) in [5, 5.41) is 12.0. The Kier molecular flexibility index (Phi) is 15.2. The Bertz CT molecular complexity index is 1100. The van der Waals surface area contributed by atoms with Gasteiger partial charge in [0.1, 0.15) is 34.0 Å². The molecule has 0 bridgehead atoms. The van der Waals surface area contributed by atoms with Crippen LogP contribution in [0.15, 0.2) is 22.8 Å². The first kappa shape index (κ1) is 34.3. The predicted octanol–water partition coefficient (Wildman–Crippen LogP) is -1.40. The molecule has 5 N–H and O–H groups in total. The van der Waals surface area contributed by atoms with Crippen LogP contribution in [0.25, 0.3) is 0 Å². The Morgan fingerprint density at radius 3 is 2.05 bits per heavy atom. The number of rotatable bonds is 4. The summed E-state index contributed by atoms with van der Waals surface area (Å²) >= 11 is 0. The highest BCUT2D eigenvalue weighted by Crippen LogP contribution is 2.26. The van der Waals surface area contributed by atoms with E-state index in [4.69, 9.17) is 4.42 Å². The van der Waals surface area contributed by atoms with Crippen molar-refractivity contribution in [2.45, 2.75) is 58.0 Å². The second-order valence-electron chi connectivity index (χ2n) is 9.41. The fraction of sp³-hybridized carbons (Fsp3) is 0.600. The quantitative estimate of drug-likeness (QED) is 0.263. The number of hydrogen-bond acceptors (Lipinski definition) is 9. The van der Waals surface area contributed by atoms with Gasteiger partial charge in [-0.05, 0) is 18.1 Å². The van der Waals surface area contributed by atoms with E-state index in [2.05, 4.69) is 33.5 Å². The number of carbonyl (C=O) groups excluding carboxylic acids is 6. The molecule has 3 rings (SSSR count). The molecule has 2 atom stereocenters. The lowest BCUT2D eigenvalue weighted by atomic mass is 10.1. The van der Waals surface area contributed by atoms with E-state index < -0.39 is 64.5 Å². The maximum Gasteiger partial charge on any atom is 0.243 e. The van der Waals surface area contributed by atoms with E-state index in [-0.39, 0.29) is 31.6 Å². The van der Waals surface area contributed by atoms with Crippen LogP contribution in [0.1, 0.15) is 45.3 Å². The summed E-state index contributed by atoms with van der Waals surface area (Å²) in [4.78, 5) is 71.3. The van der Waals surface area contributed by atoms with Crippen LogP contribution < -0.4 is 26.6 Å². The second-order valence-corrected chi connectivity index (χ2v) is 11.8. The predicted molar refractivity (Wildman–Crippen MR) is 144 cm³/mol. The van der Waals surface area contributed by atoms with Crippen LogP contribution in [0, 0.1) is 5.92 Å². The number of aldehydes is 1. The number of amides is 5. The van der Waals surface area contributed by atoms with Crippen molar-refractivity contribution in [2.24, 2.45) is 5.92 Å². The summed E-state index contributed by atoms with van der Waals surface area (Å²) < 4.78 is 25.2. The Morgan fingerprint density at radius 1 is 0.925 bits per heavy atom. The summed E-state index contributed by atoms with van der Waals surface area (Å²) in [5.74, 6) is -1.20. The summed E-state index contributed by atoms with van der Waals surface area (Å²) in [5.41, 5.74) is 0. The largest absolute Gasteiger partial charge is 0.469 e. The van der Waals surface area contributed by atoms with E-state index in [0.29, 0.717) is 12.0 Å². The minimum absolute atomic E-state index is 0.0335. The van der Waals surface area contributed by atoms with E-state index in [1.165, 1.54) is 25.4 Å². The van der Waals surface area contributed by atoms with Gasteiger partial charge in [0.25, 0.3) is 0 Å². The highest BCUT2D eigenvalue weighted by atomic mass is 32.2. The van der Waals surface area contributed by atoms with Gasteiger partial charge < -0.3 is 35.8 Å². The van der Waals surface area contributed by atoms with Crippen molar-refractivity contribution in [3.05, 3.63) is 24.2 Å². The molecule has 40 heavy (non-hydrogen) atoms. The molecule has 5 amide bonds. The molecule has 1 aromatic heterocycles. The zero-order valence-electron chi connectivity index (χ0n) is 23.0. The average molecular weight is 586 g/mol. The maximum absolute atomic E-state index is 12.5. The maximum atomic E-state index is 12.5. The Labute approximate surface area is 233 Å². The molecular weight excluding hydrogens is 546 g/mol. The van der Waals surface area contributed by atoms with Crippen LogP contribution in [0.4, 0.5) is 0 Å². The van der Waals surface area contributed by atoms with Crippen LogP contribution in [0.2, 0.25) is 0 Å². The smallest absolute Gasteiger partial charge is 0.243 e. The average Bonchev–Trinajstić information content (AvgIpc) is 3.51. The van der Waals surface area contributed by atoms with Crippen molar-refractivity contribution in [3.63, 3.8) is 0 Å². The third-order valence-corrected chi connectivity index (χ3v) is 6.55. The van der Waals surface area contributed by atoms with Gasteiger partial charge in [0.15, 0.2) is 0 Å². The Hall–Kier alpha value is -3.75. The molecule has 2 heterocycles. The zero-order valence-corrected chi connectivity index (χ0v) is 23.8. The standard InChI is InChI=1S/C18H23N5O7.C4H8.C3H8O2S/c24-10-11-7-19-16(27)8-21-18(29)13(6-12-2-1-5-30-12)23-17(28)9-20-14(25)3-4-15(26)22-11;1-4-2-3-4;1-3-6(2,4)5/h1-2,5,10-11,13H,3-4,6-9H2,(H,19,27)(H,20,25)(H,21,29)(H,22,26)(H,23,28);4H,2-3H2,1H3;3H2,1-2H3/t11-,13-;;/m0../s1. The molecule has 1 aromatic rings. The molecule has 15 heteroatoms. The van der Waals surface area contributed by atoms with E-state index >= 15 is 0 Å². The molecule has 0 spiro atoms. The molecule has 2 aliphatic rings. The third kappa shape index (κ3) is 17.0. The van der Waals surface area contributed by atoms with Crippen LogP contribution in [-0.4, -0.2) is 88.0 Å². The molecule has 1 aliphatic heterocycles. The van der Waals surface area contributed by atoms with E-state index in [9.17, 15) is 37.2 Å². The number of sulfone groups is 1. The first-order chi connectivity index (χ1) is 18.8. The van der Waals surface area contributed by atoms with E-state index in [1.54, 1.807) is 19.1 Å². The Balaban J connectivity index is 0.000000672. The normalized spacial score (nSPS) is 21.3. The van der Waals surface area contributed by atoms with Crippen molar-refractivity contribution in [3.8, 4) is 0 Å². The van der Waals surface area contributed by atoms with Gasteiger partial charge in [-0.15, -0.1) is 0 Å². The van der Waals surface area contributed by atoms with Crippen LogP contribution >= 0.6 is 0 Å². The van der Waals surface area contributed by atoms with Gasteiger partial charge in [0, 0.05) is 37.8 Å². The number of hydrogen-bond donors (Lipinski definition) is 5. The van der Waals surface area contributed by atoms with Gasteiger partial charge in [0.05, 0.1) is 19.4 Å². The van der Waals surface area contributed by atoms with Crippen molar-refractivity contribution in [1.29, 1.82) is 0 Å². The number of carbonyl (C=O) groups is 6. The highest BCUT2D eigenvalue weighted by Gasteiger charge is 2.24. The molecule has 1 aliphatic carbocycles. The molecule has 224 valence electrons. The number of furan rings is 1. The molecule has 14 nitrogen and oxygen atoms in total. The van der Waals surface area contributed by atoms with Gasteiger partial charge in [-0.1, -0.05) is 26.7 Å². The van der Waals surface area contributed by atoms with Gasteiger partial charge >= 0.3 is 0 Å². The molecule has 1 saturated carbocycles. The van der Waals surface area contributed by atoms with Crippen molar-refractivity contribution in [2.75, 3.05) is 31.6 Å². The monoisotopic (exact) mass is 585 g/mol.